The Hall–Kier alpha value is -1.72. The van der Waals surface area contributed by atoms with E-state index >= 15 is 0 Å². The summed E-state index contributed by atoms with van der Waals surface area (Å²) < 4.78 is 1.79. The Morgan fingerprint density at radius 2 is 2.11 bits per heavy atom. The molecule has 1 aromatic heterocycles. The molecule has 100 valence electrons. The number of amides is 1. The lowest BCUT2D eigenvalue weighted by Crippen LogP contribution is -2.33. The van der Waals surface area contributed by atoms with Crippen LogP contribution in [0.25, 0.3) is 0 Å². The van der Waals surface area contributed by atoms with E-state index in [4.69, 9.17) is 5.73 Å². The van der Waals surface area contributed by atoms with Crippen molar-refractivity contribution in [3.8, 4) is 0 Å². The molecule has 0 unspecified atom stereocenters. The van der Waals surface area contributed by atoms with Crippen molar-refractivity contribution in [2.24, 2.45) is 0 Å². The molecule has 0 aromatic carbocycles. The fourth-order valence-corrected chi connectivity index (χ4v) is 2.25. The molecule has 0 saturated carbocycles. The van der Waals surface area contributed by atoms with Crippen molar-refractivity contribution < 1.29 is 4.79 Å². The zero-order valence-corrected chi connectivity index (χ0v) is 11.1. The van der Waals surface area contributed by atoms with Crippen LogP contribution in [0.4, 0.5) is 11.5 Å². The maximum absolute atomic E-state index is 11.9. The minimum atomic E-state index is 0.133. The average Bonchev–Trinajstić information content (AvgIpc) is 2.97. The number of rotatable bonds is 4. The Balaban J connectivity index is 1.99. The lowest BCUT2D eigenvalue weighted by atomic mass is 10.4. The maximum atomic E-state index is 11.9. The van der Waals surface area contributed by atoms with Crippen LogP contribution in [0, 0.1) is 6.92 Å². The summed E-state index contributed by atoms with van der Waals surface area (Å²) in [7, 11) is 0. The second-order valence-corrected chi connectivity index (χ2v) is 4.60. The number of nitrogens with one attached hydrogen (secondary N) is 1. The van der Waals surface area contributed by atoms with Gasteiger partial charge in [0.25, 0.3) is 0 Å². The molecule has 1 saturated heterocycles. The first-order valence-corrected chi connectivity index (χ1v) is 6.48. The number of likely N-dealkylation sites (tertiary alicyclic amines) is 1. The third-order valence-corrected chi connectivity index (χ3v) is 3.34. The Kier molecular flexibility index (Phi) is 3.74. The molecular formula is C12H21N5O. The number of hydrogen-bond donors (Lipinski definition) is 2. The maximum Gasteiger partial charge on any atom is 0.241 e. The highest BCUT2D eigenvalue weighted by atomic mass is 16.2. The number of carbonyl (C=O) groups is 1. The van der Waals surface area contributed by atoms with Crippen LogP contribution in [0.1, 0.15) is 25.5 Å². The Bertz CT molecular complexity index is 434. The molecule has 6 heteroatoms. The Labute approximate surface area is 107 Å². The van der Waals surface area contributed by atoms with Crippen LogP contribution < -0.4 is 11.1 Å². The number of nitrogens with zero attached hydrogens (tertiary/aromatic N) is 3. The van der Waals surface area contributed by atoms with Gasteiger partial charge in [-0.2, -0.15) is 5.10 Å². The molecule has 1 aliphatic rings. The minimum Gasteiger partial charge on any atom is -0.394 e. The number of aryl methyl sites for hydroxylation is 2. The van der Waals surface area contributed by atoms with E-state index in [1.807, 2.05) is 18.7 Å². The van der Waals surface area contributed by atoms with E-state index in [1.54, 1.807) is 4.68 Å². The summed E-state index contributed by atoms with van der Waals surface area (Å²) in [5.41, 5.74) is 7.38. The fourth-order valence-electron chi connectivity index (χ4n) is 2.25. The van der Waals surface area contributed by atoms with Crippen molar-refractivity contribution in [1.82, 2.24) is 14.7 Å². The molecule has 0 radical (unpaired) electrons. The van der Waals surface area contributed by atoms with E-state index in [0.29, 0.717) is 5.69 Å². The highest BCUT2D eigenvalue weighted by Gasteiger charge is 2.19. The molecular weight excluding hydrogens is 230 g/mol. The van der Waals surface area contributed by atoms with Gasteiger partial charge < -0.3 is 16.0 Å². The van der Waals surface area contributed by atoms with E-state index in [1.165, 1.54) is 0 Å². The molecule has 3 N–H and O–H groups in total. The van der Waals surface area contributed by atoms with Crippen LogP contribution in [0.15, 0.2) is 0 Å². The Morgan fingerprint density at radius 1 is 1.44 bits per heavy atom. The molecule has 1 aliphatic heterocycles. The van der Waals surface area contributed by atoms with Crippen molar-refractivity contribution in [2.45, 2.75) is 33.2 Å². The first-order chi connectivity index (χ1) is 8.63. The summed E-state index contributed by atoms with van der Waals surface area (Å²) in [4.78, 5) is 13.8. The minimum absolute atomic E-state index is 0.133. The third kappa shape index (κ3) is 2.42. The molecule has 0 atom stereocenters. The number of nitrogens with two attached hydrogens (primary N) is 1. The summed E-state index contributed by atoms with van der Waals surface area (Å²) in [5.74, 6) is 0.885. The van der Waals surface area contributed by atoms with Crippen LogP contribution in [0.2, 0.25) is 0 Å². The van der Waals surface area contributed by atoms with Crippen LogP contribution in [0.3, 0.4) is 0 Å². The number of nitrogen functional groups attached to an aromatic ring is 1. The quantitative estimate of drug-likeness (QED) is 0.831. The summed E-state index contributed by atoms with van der Waals surface area (Å²) >= 11 is 0. The Morgan fingerprint density at radius 3 is 2.72 bits per heavy atom. The van der Waals surface area contributed by atoms with Gasteiger partial charge >= 0.3 is 0 Å². The molecule has 1 amide bonds. The second kappa shape index (κ2) is 5.29. The van der Waals surface area contributed by atoms with Crippen molar-refractivity contribution >= 4 is 17.4 Å². The number of hydrogen-bond acceptors (Lipinski definition) is 4. The van der Waals surface area contributed by atoms with E-state index in [9.17, 15) is 4.79 Å². The zero-order chi connectivity index (χ0) is 13.1. The molecule has 6 nitrogen and oxygen atoms in total. The van der Waals surface area contributed by atoms with Crippen molar-refractivity contribution in [1.29, 1.82) is 0 Å². The van der Waals surface area contributed by atoms with Gasteiger partial charge in [0, 0.05) is 19.6 Å². The topological polar surface area (TPSA) is 76.2 Å². The smallest absolute Gasteiger partial charge is 0.241 e. The predicted molar refractivity (Wildman–Crippen MR) is 71.4 cm³/mol. The SMILES string of the molecule is CCn1nc(C)c(N)c1NCC(=O)N1CCCC1. The van der Waals surface area contributed by atoms with E-state index < -0.39 is 0 Å². The van der Waals surface area contributed by atoms with Gasteiger partial charge in [0.2, 0.25) is 5.91 Å². The fraction of sp³-hybridized carbons (Fsp3) is 0.667. The van der Waals surface area contributed by atoms with E-state index in [-0.39, 0.29) is 12.5 Å². The molecule has 2 heterocycles. The molecule has 18 heavy (non-hydrogen) atoms. The van der Waals surface area contributed by atoms with Crippen molar-refractivity contribution in [3.63, 3.8) is 0 Å². The normalized spacial score (nSPS) is 15.1. The number of anilines is 2. The summed E-state index contributed by atoms with van der Waals surface area (Å²) in [6.07, 6.45) is 2.22. The van der Waals surface area contributed by atoms with Gasteiger partial charge in [-0.15, -0.1) is 0 Å². The first-order valence-electron chi connectivity index (χ1n) is 6.48. The summed E-state index contributed by atoms with van der Waals surface area (Å²) in [5, 5.41) is 7.42. The van der Waals surface area contributed by atoms with Gasteiger partial charge in [0.05, 0.1) is 17.9 Å². The second-order valence-electron chi connectivity index (χ2n) is 4.60. The largest absolute Gasteiger partial charge is 0.394 e. The highest BCUT2D eigenvalue weighted by Crippen LogP contribution is 2.21. The lowest BCUT2D eigenvalue weighted by molar-refractivity contribution is -0.128. The van der Waals surface area contributed by atoms with Gasteiger partial charge in [-0.1, -0.05) is 0 Å². The summed E-state index contributed by atoms with van der Waals surface area (Å²) in [6, 6.07) is 0. The number of carbonyl (C=O) groups excluding carboxylic acids is 1. The molecule has 0 aliphatic carbocycles. The van der Waals surface area contributed by atoms with Gasteiger partial charge in [0.15, 0.2) is 0 Å². The molecule has 0 spiro atoms. The van der Waals surface area contributed by atoms with E-state index in [0.717, 1.165) is 44.0 Å². The highest BCUT2D eigenvalue weighted by molar-refractivity contribution is 5.82. The van der Waals surface area contributed by atoms with Gasteiger partial charge in [-0.05, 0) is 26.7 Å². The van der Waals surface area contributed by atoms with Gasteiger partial charge in [0.1, 0.15) is 5.82 Å². The first kappa shape index (κ1) is 12.7. The van der Waals surface area contributed by atoms with E-state index in [2.05, 4.69) is 10.4 Å². The van der Waals surface area contributed by atoms with Crippen LogP contribution in [-0.4, -0.2) is 40.2 Å². The van der Waals surface area contributed by atoms with Crippen LogP contribution in [-0.2, 0) is 11.3 Å². The summed E-state index contributed by atoms with van der Waals surface area (Å²) in [6.45, 7) is 6.64. The van der Waals surface area contributed by atoms with Crippen molar-refractivity contribution in [3.05, 3.63) is 5.69 Å². The predicted octanol–water partition coefficient (Wildman–Crippen LogP) is 0.828. The molecule has 1 aromatic rings. The third-order valence-electron chi connectivity index (χ3n) is 3.34. The standard InChI is InChI=1S/C12H21N5O/c1-3-17-12(11(13)9(2)15-17)14-8-10(18)16-6-4-5-7-16/h14H,3-8,13H2,1-2H3. The van der Waals surface area contributed by atoms with Crippen molar-refractivity contribution in [2.75, 3.05) is 30.7 Å². The molecule has 2 rings (SSSR count). The van der Waals surface area contributed by atoms with Gasteiger partial charge in [-0.3, -0.25) is 4.79 Å². The monoisotopic (exact) mass is 251 g/mol. The lowest BCUT2D eigenvalue weighted by Gasteiger charge is -2.16. The van der Waals surface area contributed by atoms with Gasteiger partial charge in [-0.25, -0.2) is 4.68 Å². The molecule has 1 fully saturated rings. The number of aromatic nitrogens is 2. The van der Waals surface area contributed by atoms with Crippen LogP contribution in [0.5, 0.6) is 0 Å². The zero-order valence-electron chi connectivity index (χ0n) is 11.1. The molecule has 0 bridgehead atoms. The average molecular weight is 251 g/mol. The van der Waals surface area contributed by atoms with Crippen LogP contribution >= 0.6 is 0 Å².